The lowest BCUT2D eigenvalue weighted by atomic mass is 10.3. The first-order valence-electron chi connectivity index (χ1n) is 4.99. The normalized spacial score (nSPS) is 10.3. The van der Waals surface area contributed by atoms with Crippen LogP contribution < -0.4 is 0 Å². The third-order valence-electron chi connectivity index (χ3n) is 2.19. The Balaban J connectivity index is 2.55. The molecule has 2 aromatic rings. The zero-order chi connectivity index (χ0) is 14.0. The highest BCUT2D eigenvalue weighted by Crippen LogP contribution is 2.33. The average Bonchev–Trinajstić information content (AvgIpc) is 3.02. The van der Waals surface area contributed by atoms with Crippen LogP contribution in [0.5, 0.6) is 0 Å². The molecule has 8 heteroatoms. The molecule has 0 saturated carbocycles. The van der Waals surface area contributed by atoms with Crippen molar-refractivity contribution in [1.29, 1.82) is 0 Å². The number of carbonyl (C=O) groups excluding carboxylic acids is 2. The average molecular weight is 302 g/mol. The second kappa shape index (κ2) is 5.41. The summed E-state index contributed by atoms with van der Waals surface area (Å²) in [6.45, 7) is 0. The number of halogens is 1. The maximum Gasteiger partial charge on any atom is 0.376 e. The van der Waals surface area contributed by atoms with Crippen molar-refractivity contribution >= 4 is 34.9 Å². The Bertz CT molecular complexity index is 599. The zero-order valence-corrected chi connectivity index (χ0v) is 11.5. The molecular formula is C11H8ClNO5S. The molecule has 0 fully saturated rings. The van der Waals surface area contributed by atoms with Crippen LogP contribution in [0.15, 0.2) is 15.9 Å². The molecule has 0 saturated heterocycles. The lowest BCUT2D eigenvalue weighted by Gasteiger charge is -1.96. The smallest absolute Gasteiger partial charge is 0.376 e. The number of ether oxygens (including phenoxy) is 2. The number of carbonyl (C=O) groups is 2. The SMILES string of the molecule is COC(=O)c1nc(-c2sccc2Cl)oc1C(=O)OC. The second-order valence-corrected chi connectivity index (χ2v) is 4.60. The van der Waals surface area contributed by atoms with Crippen LogP contribution in [0.3, 0.4) is 0 Å². The van der Waals surface area contributed by atoms with E-state index in [0.29, 0.717) is 9.90 Å². The molecule has 100 valence electrons. The van der Waals surface area contributed by atoms with Gasteiger partial charge in [0.15, 0.2) is 0 Å². The molecule has 0 radical (unpaired) electrons. The number of thiophene rings is 1. The molecular weight excluding hydrogens is 294 g/mol. The topological polar surface area (TPSA) is 78.6 Å². The summed E-state index contributed by atoms with van der Waals surface area (Å²) in [5.74, 6) is -1.84. The van der Waals surface area contributed by atoms with Crippen LogP contribution >= 0.6 is 22.9 Å². The van der Waals surface area contributed by atoms with Crippen molar-refractivity contribution in [3.8, 4) is 10.8 Å². The molecule has 0 aliphatic rings. The Morgan fingerprint density at radius 3 is 2.53 bits per heavy atom. The van der Waals surface area contributed by atoms with Crippen molar-refractivity contribution in [3.05, 3.63) is 27.9 Å². The van der Waals surface area contributed by atoms with Crippen LogP contribution in [0.4, 0.5) is 0 Å². The second-order valence-electron chi connectivity index (χ2n) is 3.28. The number of oxazole rings is 1. The summed E-state index contributed by atoms with van der Waals surface area (Å²) in [6.07, 6.45) is 0. The van der Waals surface area contributed by atoms with Crippen molar-refractivity contribution in [2.75, 3.05) is 14.2 Å². The Morgan fingerprint density at radius 1 is 1.32 bits per heavy atom. The molecule has 2 rings (SSSR count). The fourth-order valence-electron chi connectivity index (χ4n) is 1.33. The summed E-state index contributed by atoms with van der Waals surface area (Å²) in [6, 6.07) is 1.65. The van der Waals surface area contributed by atoms with Crippen LogP contribution in [0.2, 0.25) is 5.02 Å². The van der Waals surface area contributed by atoms with E-state index in [-0.39, 0.29) is 17.3 Å². The van der Waals surface area contributed by atoms with E-state index in [1.807, 2.05) is 0 Å². The summed E-state index contributed by atoms with van der Waals surface area (Å²) in [4.78, 5) is 27.5. The van der Waals surface area contributed by atoms with E-state index in [1.165, 1.54) is 25.6 Å². The molecule has 0 unspecified atom stereocenters. The molecule has 2 heterocycles. The highest BCUT2D eigenvalue weighted by atomic mass is 35.5. The maximum absolute atomic E-state index is 11.5. The van der Waals surface area contributed by atoms with Crippen molar-refractivity contribution in [1.82, 2.24) is 4.98 Å². The minimum Gasteiger partial charge on any atom is -0.464 e. The standard InChI is InChI=1S/C11H8ClNO5S/c1-16-10(14)6-7(11(15)17-2)18-9(13-6)8-5(12)3-4-19-8/h3-4H,1-2H3. The van der Waals surface area contributed by atoms with Gasteiger partial charge in [-0.05, 0) is 11.4 Å². The fourth-order valence-corrected chi connectivity index (χ4v) is 2.39. The number of aromatic nitrogens is 1. The Kier molecular flexibility index (Phi) is 3.87. The zero-order valence-electron chi connectivity index (χ0n) is 9.93. The number of nitrogens with zero attached hydrogens (tertiary/aromatic N) is 1. The van der Waals surface area contributed by atoms with Gasteiger partial charge in [-0.25, -0.2) is 14.6 Å². The summed E-state index contributed by atoms with van der Waals surface area (Å²) in [7, 11) is 2.35. The first kappa shape index (κ1) is 13.6. The molecule has 0 aromatic carbocycles. The molecule has 0 bridgehead atoms. The third kappa shape index (κ3) is 2.47. The van der Waals surface area contributed by atoms with Gasteiger partial charge in [0.2, 0.25) is 17.3 Å². The van der Waals surface area contributed by atoms with Gasteiger partial charge >= 0.3 is 11.9 Å². The van der Waals surface area contributed by atoms with E-state index < -0.39 is 11.9 Å². The van der Waals surface area contributed by atoms with E-state index in [1.54, 1.807) is 11.4 Å². The first-order valence-corrected chi connectivity index (χ1v) is 6.25. The number of esters is 2. The van der Waals surface area contributed by atoms with Crippen molar-refractivity contribution in [2.24, 2.45) is 0 Å². The predicted molar refractivity (Wildman–Crippen MR) is 67.5 cm³/mol. The maximum atomic E-state index is 11.5. The lowest BCUT2D eigenvalue weighted by Crippen LogP contribution is -2.10. The Morgan fingerprint density at radius 2 is 2.00 bits per heavy atom. The quantitative estimate of drug-likeness (QED) is 0.811. The summed E-state index contributed by atoms with van der Waals surface area (Å²) in [5, 5.41) is 2.15. The Hall–Kier alpha value is -1.86. The van der Waals surface area contributed by atoms with Crippen LogP contribution in [0.1, 0.15) is 21.0 Å². The van der Waals surface area contributed by atoms with Gasteiger partial charge in [0.05, 0.1) is 19.2 Å². The monoisotopic (exact) mass is 301 g/mol. The number of hydrogen-bond acceptors (Lipinski definition) is 7. The van der Waals surface area contributed by atoms with E-state index in [0.717, 1.165) is 0 Å². The van der Waals surface area contributed by atoms with E-state index in [9.17, 15) is 9.59 Å². The van der Waals surface area contributed by atoms with Crippen molar-refractivity contribution in [3.63, 3.8) is 0 Å². The van der Waals surface area contributed by atoms with E-state index >= 15 is 0 Å². The molecule has 6 nitrogen and oxygen atoms in total. The Labute approximate surface area is 116 Å². The lowest BCUT2D eigenvalue weighted by molar-refractivity contribution is 0.0527. The molecule has 0 N–H and O–H groups in total. The van der Waals surface area contributed by atoms with Crippen LogP contribution in [0.25, 0.3) is 10.8 Å². The molecule has 0 atom stereocenters. The van der Waals surface area contributed by atoms with Crippen molar-refractivity contribution in [2.45, 2.75) is 0 Å². The molecule has 0 spiro atoms. The van der Waals surface area contributed by atoms with E-state index in [2.05, 4.69) is 14.5 Å². The van der Waals surface area contributed by atoms with Crippen LogP contribution in [0, 0.1) is 0 Å². The largest absolute Gasteiger partial charge is 0.464 e. The first-order chi connectivity index (χ1) is 9.08. The molecule has 0 amide bonds. The highest BCUT2D eigenvalue weighted by Gasteiger charge is 2.28. The van der Waals surface area contributed by atoms with Gasteiger partial charge in [0.25, 0.3) is 0 Å². The minimum absolute atomic E-state index is 0.0702. The number of hydrogen-bond donors (Lipinski definition) is 0. The van der Waals surface area contributed by atoms with Crippen LogP contribution in [-0.4, -0.2) is 31.1 Å². The summed E-state index contributed by atoms with van der Waals surface area (Å²) >= 11 is 7.21. The van der Waals surface area contributed by atoms with E-state index in [4.69, 9.17) is 16.0 Å². The molecule has 19 heavy (non-hydrogen) atoms. The number of rotatable bonds is 3. The van der Waals surface area contributed by atoms with Gasteiger partial charge < -0.3 is 13.9 Å². The fraction of sp³-hybridized carbons (Fsp3) is 0.182. The van der Waals surface area contributed by atoms with Gasteiger partial charge in [0.1, 0.15) is 4.88 Å². The summed E-state index contributed by atoms with van der Waals surface area (Å²) in [5.41, 5.74) is -0.242. The van der Waals surface area contributed by atoms with Crippen molar-refractivity contribution < 1.29 is 23.5 Å². The summed E-state index contributed by atoms with van der Waals surface area (Å²) < 4.78 is 14.3. The van der Waals surface area contributed by atoms with Gasteiger partial charge in [-0.1, -0.05) is 11.6 Å². The van der Waals surface area contributed by atoms with Gasteiger partial charge in [-0.3, -0.25) is 0 Å². The predicted octanol–water partition coefficient (Wildman–Crippen LogP) is 2.63. The van der Waals surface area contributed by atoms with Gasteiger partial charge in [0, 0.05) is 0 Å². The molecule has 0 aliphatic heterocycles. The molecule has 2 aromatic heterocycles. The van der Waals surface area contributed by atoms with Gasteiger partial charge in [-0.2, -0.15) is 0 Å². The minimum atomic E-state index is -0.813. The van der Waals surface area contributed by atoms with Crippen LogP contribution in [-0.2, 0) is 9.47 Å². The highest BCUT2D eigenvalue weighted by molar-refractivity contribution is 7.14. The number of methoxy groups -OCH3 is 2. The molecule has 0 aliphatic carbocycles. The third-order valence-corrected chi connectivity index (χ3v) is 3.52. The van der Waals surface area contributed by atoms with Gasteiger partial charge in [-0.15, -0.1) is 11.3 Å².